The van der Waals surface area contributed by atoms with Gasteiger partial charge in [-0.05, 0) is 36.6 Å². The van der Waals surface area contributed by atoms with Gasteiger partial charge >= 0.3 is 0 Å². The fourth-order valence-electron chi connectivity index (χ4n) is 2.14. The molecule has 1 saturated carbocycles. The Morgan fingerprint density at radius 2 is 1.95 bits per heavy atom. The minimum absolute atomic E-state index is 0.0270. The van der Waals surface area contributed by atoms with Crippen molar-refractivity contribution in [2.45, 2.75) is 32.0 Å². The van der Waals surface area contributed by atoms with Crippen LogP contribution in [0.4, 0.5) is 0 Å². The van der Waals surface area contributed by atoms with Gasteiger partial charge in [0.05, 0.1) is 6.61 Å². The molecule has 0 saturated heterocycles. The molecule has 1 aliphatic carbocycles. The van der Waals surface area contributed by atoms with Gasteiger partial charge < -0.3 is 15.2 Å². The van der Waals surface area contributed by atoms with E-state index in [1.807, 2.05) is 36.4 Å². The standard InChI is InChI=1S/C17H18BrNO2/c18-16-9-15(8-5-12(16)10-19-14-6-7-14)21-17-4-2-1-3-13(17)11-20/h1-5,8-9,14,19-20H,6-7,10-11H2. The zero-order chi connectivity index (χ0) is 14.7. The monoisotopic (exact) mass is 347 g/mol. The summed E-state index contributed by atoms with van der Waals surface area (Å²) in [6.45, 7) is 0.847. The van der Waals surface area contributed by atoms with E-state index in [0.29, 0.717) is 11.8 Å². The summed E-state index contributed by atoms with van der Waals surface area (Å²) in [6, 6.07) is 14.2. The molecule has 2 aromatic rings. The predicted molar refractivity (Wildman–Crippen MR) is 86.4 cm³/mol. The Morgan fingerprint density at radius 3 is 2.67 bits per heavy atom. The van der Waals surface area contributed by atoms with Crippen molar-refractivity contribution in [1.29, 1.82) is 0 Å². The maximum Gasteiger partial charge on any atom is 0.132 e. The summed E-state index contributed by atoms with van der Waals surface area (Å²) in [5.41, 5.74) is 2.01. The Kier molecular flexibility index (Phi) is 4.58. The quantitative estimate of drug-likeness (QED) is 0.830. The molecular weight excluding hydrogens is 330 g/mol. The molecule has 0 radical (unpaired) electrons. The van der Waals surface area contributed by atoms with Gasteiger partial charge in [-0.2, -0.15) is 0 Å². The molecule has 21 heavy (non-hydrogen) atoms. The number of hydrogen-bond donors (Lipinski definition) is 2. The average Bonchev–Trinajstić information content (AvgIpc) is 3.31. The van der Waals surface area contributed by atoms with Crippen LogP contribution in [0.2, 0.25) is 0 Å². The van der Waals surface area contributed by atoms with Crippen LogP contribution in [-0.2, 0) is 13.2 Å². The molecule has 0 atom stereocenters. The van der Waals surface area contributed by atoms with Crippen molar-refractivity contribution in [1.82, 2.24) is 5.32 Å². The summed E-state index contributed by atoms with van der Waals surface area (Å²) < 4.78 is 6.90. The summed E-state index contributed by atoms with van der Waals surface area (Å²) >= 11 is 3.60. The van der Waals surface area contributed by atoms with E-state index in [4.69, 9.17) is 4.74 Å². The number of benzene rings is 2. The Hall–Kier alpha value is -1.36. The van der Waals surface area contributed by atoms with E-state index in [1.165, 1.54) is 18.4 Å². The van der Waals surface area contributed by atoms with Crippen molar-refractivity contribution < 1.29 is 9.84 Å². The first kappa shape index (κ1) is 14.6. The molecule has 0 amide bonds. The van der Waals surface area contributed by atoms with Gasteiger partial charge in [0.2, 0.25) is 0 Å². The van der Waals surface area contributed by atoms with E-state index in [0.717, 1.165) is 22.3 Å². The first-order valence-corrected chi connectivity index (χ1v) is 7.94. The molecule has 2 N–H and O–H groups in total. The normalized spacial score (nSPS) is 14.2. The minimum atomic E-state index is -0.0270. The number of aliphatic hydroxyl groups is 1. The van der Waals surface area contributed by atoms with E-state index < -0.39 is 0 Å². The zero-order valence-corrected chi connectivity index (χ0v) is 13.3. The third-order valence-corrected chi connectivity index (χ3v) is 4.29. The van der Waals surface area contributed by atoms with Crippen LogP contribution in [-0.4, -0.2) is 11.1 Å². The summed E-state index contributed by atoms with van der Waals surface area (Å²) in [5.74, 6) is 1.45. The molecule has 1 aliphatic rings. The Balaban J connectivity index is 1.71. The highest BCUT2D eigenvalue weighted by Gasteiger charge is 2.20. The second kappa shape index (κ2) is 6.60. The number of rotatable bonds is 6. The van der Waals surface area contributed by atoms with Crippen molar-refractivity contribution >= 4 is 15.9 Å². The maximum absolute atomic E-state index is 9.33. The van der Waals surface area contributed by atoms with Gasteiger partial charge in [0, 0.05) is 22.6 Å². The van der Waals surface area contributed by atoms with E-state index in [-0.39, 0.29) is 6.61 Å². The second-order valence-corrected chi connectivity index (χ2v) is 6.13. The highest BCUT2D eigenvalue weighted by molar-refractivity contribution is 9.10. The van der Waals surface area contributed by atoms with E-state index in [9.17, 15) is 5.11 Å². The first-order chi connectivity index (χ1) is 10.3. The third kappa shape index (κ3) is 3.84. The minimum Gasteiger partial charge on any atom is -0.457 e. The molecule has 0 heterocycles. The number of nitrogens with one attached hydrogen (secondary N) is 1. The van der Waals surface area contributed by atoms with Gasteiger partial charge in [0.15, 0.2) is 0 Å². The number of ether oxygens (including phenoxy) is 1. The fraction of sp³-hybridized carbons (Fsp3) is 0.294. The first-order valence-electron chi connectivity index (χ1n) is 7.14. The van der Waals surface area contributed by atoms with Gasteiger partial charge in [-0.25, -0.2) is 0 Å². The predicted octanol–water partition coefficient (Wildman–Crippen LogP) is 3.99. The highest BCUT2D eigenvalue weighted by Crippen LogP contribution is 2.29. The van der Waals surface area contributed by atoms with Gasteiger partial charge in [0.25, 0.3) is 0 Å². The van der Waals surface area contributed by atoms with Gasteiger partial charge in [-0.3, -0.25) is 0 Å². The molecule has 3 nitrogen and oxygen atoms in total. The number of halogens is 1. The van der Waals surface area contributed by atoms with Crippen LogP contribution in [0.25, 0.3) is 0 Å². The summed E-state index contributed by atoms with van der Waals surface area (Å²) in [5, 5.41) is 12.8. The Bertz CT molecular complexity index is 626. The summed E-state index contributed by atoms with van der Waals surface area (Å²) in [7, 11) is 0. The molecule has 110 valence electrons. The van der Waals surface area contributed by atoms with Crippen LogP contribution in [0.15, 0.2) is 46.9 Å². The van der Waals surface area contributed by atoms with Gasteiger partial charge in [-0.1, -0.05) is 40.2 Å². The van der Waals surface area contributed by atoms with Crippen molar-refractivity contribution in [3.8, 4) is 11.5 Å². The third-order valence-electron chi connectivity index (χ3n) is 3.55. The fourth-order valence-corrected chi connectivity index (χ4v) is 2.64. The maximum atomic E-state index is 9.33. The van der Waals surface area contributed by atoms with Crippen molar-refractivity contribution in [2.24, 2.45) is 0 Å². The SMILES string of the molecule is OCc1ccccc1Oc1ccc(CNC2CC2)c(Br)c1. The average molecular weight is 348 g/mol. The molecule has 0 aromatic heterocycles. The summed E-state index contributed by atoms with van der Waals surface area (Å²) in [6.07, 6.45) is 2.58. The van der Waals surface area contributed by atoms with Crippen molar-refractivity contribution in [3.63, 3.8) is 0 Å². The molecule has 0 unspecified atom stereocenters. The highest BCUT2D eigenvalue weighted by atomic mass is 79.9. The number of aliphatic hydroxyl groups excluding tert-OH is 1. The van der Waals surface area contributed by atoms with Crippen molar-refractivity contribution in [2.75, 3.05) is 0 Å². The molecule has 0 bridgehead atoms. The van der Waals surface area contributed by atoms with Gasteiger partial charge in [-0.15, -0.1) is 0 Å². The van der Waals surface area contributed by atoms with Crippen LogP contribution in [0.1, 0.15) is 24.0 Å². The van der Waals surface area contributed by atoms with Crippen LogP contribution in [0.5, 0.6) is 11.5 Å². The van der Waals surface area contributed by atoms with E-state index in [1.54, 1.807) is 0 Å². The molecule has 0 aliphatic heterocycles. The molecule has 2 aromatic carbocycles. The lowest BCUT2D eigenvalue weighted by Gasteiger charge is -2.12. The molecule has 1 fully saturated rings. The summed E-state index contributed by atoms with van der Waals surface area (Å²) in [4.78, 5) is 0. The molecular formula is C17H18BrNO2. The van der Waals surface area contributed by atoms with Crippen molar-refractivity contribution in [3.05, 3.63) is 58.1 Å². The van der Waals surface area contributed by atoms with Crippen LogP contribution in [0.3, 0.4) is 0 Å². The van der Waals surface area contributed by atoms with Gasteiger partial charge in [0.1, 0.15) is 11.5 Å². The van der Waals surface area contributed by atoms with Crippen LogP contribution in [0, 0.1) is 0 Å². The number of para-hydroxylation sites is 1. The van der Waals surface area contributed by atoms with E-state index >= 15 is 0 Å². The Labute approximate surface area is 133 Å². The molecule has 4 heteroatoms. The lowest BCUT2D eigenvalue weighted by Crippen LogP contribution is -2.15. The lowest BCUT2D eigenvalue weighted by atomic mass is 10.2. The Morgan fingerprint density at radius 1 is 1.14 bits per heavy atom. The second-order valence-electron chi connectivity index (χ2n) is 5.28. The molecule has 0 spiro atoms. The van der Waals surface area contributed by atoms with E-state index in [2.05, 4.69) is 27.3 Å². The lowest BCUT2D eigenvalue weighted by molar-refractivity contribution is 0.276. The van der Waals surface area contributed by atoms with Crippen LogP contribution < -0.4 is 10.1 Å². The molecule has 3 rings (SSSR count). The smallest absolute Gasteiger partial charge is 0.132 e. The van der Waals surface area contributed by atoms with Crippen LogP contribution >= 0.6 is 15.9 Å². The largest absolute Gasteiger partial charge is 0.457 e. The zero-order valence-electron chi connectivity index (χ0n) is 11.7. The number of hydrogen-bond acceptors (Lipinski definition) is 3. The topological polar surface area (TPSA) is 41.5 Å².